The summed E-state index contributed by atoms with van der Waals surface area (Å²) in [6.07, 6.45) is 0. The third-order valence-electron chi connectivity index (χ3n) is 3.18. The van der Waals surface area contributed by atoms with Crippen molar-refractivity contribution in [2.75, 3.05) is 11.9 Å². The summed E-state index contributed by atoms with van der Waals surface area (Å²) in [5, 5.41) is 10.9. The van der Waals surface area contributed by atoms with Crippen molar-refractivity contribution in [3.8, 4) is 0 Å². The Balaban J connectivity index is 2.24. The number of nitrogens with zero attached hydrogens (tertiary/aromatic N) is 3. The van der Waals surface area contributed by atoms with Gasteiger partial charge in [-0.2, -0.15) is 4.99 Å². The molecule has 0 aliphatic carbocycles. The molecule has 2 N–H and O–H groups in total. The van der Waals surface area contributed by atoms with Gasteiger partial charge in [0.25, 0.3) is 17.5 Å². The highest BCUT2D eigenvalue weighted by molar-refractivity contribution is 8.18. The fourth-order valence-corrected chi connectivity index (χ4v) is 2.99. The largest absolute Gasteiger partial charge is 0.378 e. The number of likely N-dealkylation sites (N-methyl/N-ethyl adjacent to an activating group) is 1. The van der Waals surface area contributed by atoms with E-state index >= 15 is 0 Å². The Hall–Kier alpha value is -2.68. The number of anilines is 1. The molecule has 2 amide bonds. The van der Waals surface area contributed by atoms with Gasteiger partial charge in [-0.3, -0.25) is 19.7 Å². The first kappa shape index (κ1) is 13.3. The maximum Gasteiger partial charge on any atom is 0.287 e. The maximum atomic E-state index is 12.3. The van der Waals surface area contributed by atoms with Gasteiger partial charge in [0, 0.05) is 24.7 Å². The van der Waals surface area contributed by atoms with Gasteiger partial charge in [-0.15, -0.1) is 0 Å². The summed E-state index contributed by atoms with van der Waals surface area (Å²) in [6.45, 7) is 0. The zero-order valence-corrected chi connectivity index (χ0v) is 11.5. The number of amidine groups is 1. The van der Waals surface area contributed by atoms with Crippen LogP contribution in [-0.4, -0.2) is 29.0 Å². The number of benzene rings is 1. The first-order chi connectivity index (χ1) is 9.90. The smallest absolute Gasteiger partial charge is 0.287 e. The van der Waals surface area contributed by atoms with Crippen molar-refractivity contribution < 1.29 is 14.5 Å². The van der Waals surface area contributed by atoms with Crippen LogP contribution in [-0.2, 0) is 9.59 Å². The summed E-state index contributed by atoms with van der Waals surface area (Å²) in [6, 6.07) is 4.07. The molecule has 3 rings (SSSR count). The van der Waals surface area contributed by atoms with E-state index in [1.54, 1.807) is 0 Å². The number of aliphatic imine (C=N–C) groups is 1. The third-order valence-corrected chi connectivity index (χ3v) is 4.06. The Bertz CT molecular complexity index is 783. The standard InChI is InChI=1S/C12H8N4O4S/c1-15-7-3-2-5(16(19)20)4-6(7)8(11(15)18)9-10(17)14-12(13)21-9/h2-4H,1H3,(H2,13,14,17)/b9-8-. The van der Waals surface area contributed by atoms with Crippen molar-refractivity contribution >= 4 is 45.7 Å². The Morgan fingerprint density at radius 3 is 2.67 bits per heavy atom. The van der Waals surface area contributed by atoms with Crippen molar-refractivity contribution in [2.24, 2.45) is 10.7 Å². The second-order valence-corrected chi connectivity index (χ2v) is 5.41. The highest BCUT2D eigenvalue weighted by Crippen LogP contribution is 2.43. The van der Waals surface area contributed by atoms with E-state index in [1.807, 2.05) is 0 Å². The van der Waals surface area contributed by atoms with Crippen molar-refractivity contribution in [3.05, 3.63) is 38.8 Å². The monoisotopic (exact) mass is 304 g/mol. The Morgan fingerprint density at radius 2 is 2.10 bits per heavy atom. The molecule has 1 aromatic carbocycles. The average Bonchev–Trinajstić information content (AvgIpc) is 2.88. The van der Waals surface area contributed by atoms with Crippen LogP contribution in [0.15, 0.2) is 28.1 Å². The van der Waals surface area contributed by atoms with Crippen LogP contribution in [0.1, 0.15) is 5.56 Å². The van der Waals surface area contributed by atoms with E-state index < -0.39 is 16.7 Å². The molecule has 106 valence electrons. The number of thioether (sulfide) groups is 1. The molecule has 0 unspecified atom stereocenters. The minimum absolute atomic E-state index is 0.0526. The van der Waals surface area contributed by atoms with E-state index in [0.29, 0.717) is 11.3 Å². The SMILES string of the molecule is CN1C(=O)/C(=C2\SC(N)=NC2=O)c2cc([N+](=O)[O-])ccc21. The summed E-state index contributed by atoms with van der Waals surface area (Å²) in [7, 11) is 1.54. The fourth-order valence-electron chi connectivity index (χ4n) is 2.22. The minimum Gasteiger partial charge on any atom is -0.378 e. The fraction of sp³-hybridized carbons (Fsp3) is 0.0833. The number of nitrogens with two attached hydrogens (primary N) is 1. The van der Waals surface area contributed by atoms with E-state index in [2.05, 4.69) is 4.99 Å². The van der Waals surface area contributed by atoms with Gasteiger partial charge in [0.2, 0.25) is 0 Å². The van der Waals surface area contributed by atoms with Gasteiger partial charge < -0.3 is 10.6 Å². The van der Waals surface area contributed by atoms with E-state index in [1.165, 1.54) is 30.1 Å². The number of carbonyl (C=O) groups is 2. The zero-order valence-electron chi connectivity index (χ0n) is 10.7. The highest BCUT2D eigenvalue weighted by Gasteiger charge is 2.37. The molecule has 0 atom stereocenters. The number of nitro groups is 1. The molecular weight excluding hydrogens is 296 g/mol. The van der Waals surface area contributed by atoms with Crippen LogP contribution in [0.4, 0.5) is 11.4 Å². The summed E-state index contributed by atoms with van der Waals surface area (Å²) in [5.41, 5.74) is 6.29. The van der Waals surface area contributed by atoms with Crippen molar-refractivity contribution in [1.82, 2.24) is 0 Å². The quantitative estimate of drug-likeness (QED) is 0.467. The minimum atomic E-state index is -0.603. The lowest BCUT2D eigenvalue weighted by atomic mass is 10.1. The molecule has 0 saturated carbocycles. The molecule has 0 spiro atoms. The van der Waals surface area contributed by atoms with Crippen molar-refractivity contribution in [3.63, 3.8) is 0 Å². The van der Waals surface area contributed by atoms with Crippen LogP contribution >= 0.6 is 11.8 Å². The van der Waals surface area contributed by atoms with Gasteiger partial charge in [0.05, 0.1) is 21.1 Å². The number of fused-ring (bicyclic) bond motifs is 1. The van der Waals surface area contributed by atoms with Crippen molar-refractivity contribution in [2.45, 2.75) is 0 Å². The number of amides is 2. The van der Waals surface area contributed by atoms with Crippen LogP contribution in [0.2, 0.25) is 0 Å². The van der Waals surface area contributed by atoms with Gasteiger partial charge in [-0.05, 0) is 17.8 Å². The van der Waals surface area contributed by atoms with Crippen LogP contribution in [0, 0.1) is 10.1 Å². The number of non-ortho nitro benzene ring substituents is 1. The van der Waals surface area contributed by atoms with Gasteiger partial charge in [0.1, 0.15) is 0 Å². The van der Waals surface area contributed by atoms with Crippen LogP contribution in [0.3, 0.4) is 0 Å². The Labute approximate surface area is 122 Å². The Morgan fingerprint density at radius 1 is 1.38 bits per heavy atom. The third kappa shape index (κ3) is 1.89. The van der Waals surface area contributed by atoms with Crippen LogP contribution in [0.5, 0.6) is 0 Å². The molecule has 2 aliphatic rings. The van der Waals surface area contributed by atoms with E-state index in [9.17, 15) is 19.7 Å². The molecule has 2 aliphatic heterocycles. The summed E-state index contributed by atoms with van der Waals surface area (Å²) in [4.78, 5) is 39.5. The number of hydrogen-bond donors (Lipinski definition) is 1. The molecule has 0 bridgehead atoms. The number of rotatable bonds is 1. The summed E-state index contributed by atoms with van der Waals surface area (Å²) < 4.78 is 0. The number of hydrogen-bond acceptors (Lipinski definition) is 6. The molecule has 0 aromatic heterocycles. The highest BCUT2D eigenvalue weighted by atomic mass is 32.2. The lowest BCUT2D eigenvalue weighted by molar-refractivity contribution is -0.384. The molecule has 8 nitrogen and oxygen atoms in total. The first-order valence-electron chi connectivity index (χ1n) is 5.77. The maximum absolute atomic E-state index is 12.3. The van der Waals surface area contributed by atoms with E-state index in [0.717, 1.165) is 11.8 Å². The van der Waals surface area contributed by atoms with Gasteiger partial charge in [0.15, 0.2) is 5.17 Å². The summed E-state index contributed by atoms with van der Waals surface area (Å²) in [5.74, 6) is -1.01. The van der Waals surface area contributed by atoms with E-state index in [-0.39, 0.29) is 21.3 Å². The lowest BCUT2D eigenvalue weighted by Gasteiger charge is -2.08. The zero-order chi connectivity index (χ0) is 15.3. The van der Waals surface area contributed by atoms with Crippen LogP contribution in [0.25, 0.3) is 5.57 Å². The predicted molar refractivity (Wildman–Crippen MR) is 77.6 cm³/mol. The van der Waals surface area contributed by atoms with Crippen molar-refractivity contribution in [1.29, 1.82) is 0 Å². The predicted octanol–water partition coefficient (Wildman–Crippen LogP) is 0.870. The molecule has 1 aromatic rings. The molecule has 0 saturated heterocycles. The summed E-state index contributed by atoms with van der Waals surface area (Å²) >= 11 is 0.895. The molecule has 2 heterocycles. The molecular formula is C12H8N4O4S. The normalized spacial score (nSPS) is 20.8. The van der Waals surface area contributed by atoms with E-state index in [4.69, 9.17) is 5.73 Å². The second kappa shape index (κ2) is 4.42. The molecule has 9 heteroatoms. The average molecular weight is 304 g/mol. The second-order valence-electron chi connectivity index (χ2n) is 4.38. The van der Waals surface area contributed by atoms with Crippen LogP contribution < -0.4 is 10.6 Å². The van der Waals surface area contributed by atoms with Gasteiger partial charge >= 0.3 is 0 Å². The lowest BCUT2D eigenvalue weighted by Crippen LogP contribution is -2.21. The number of nitro benzene ring substituents is 1. The molecule has 0 radical (unpaired) electrons. The topological polar surface area (TPSA) is 119 Å². The molecule has 21 heavy (non-hydrogen) atoms. The van der Waals surface area contributed by atoms with Gasteiger partial charge in [-0.25, -0.2) is 0 Å². The number of carbonyl (C=O) groups excluding carboxylic acids is 2. The Kier molecular flexibility index (Phi) is 2.80. The molecule has 0 fully saturated rings. The first-order valence-corrected chi connectivity index (χ1v) is 6.59. The van der Waals surface area contributed by atoms with Gasteiger partial charge in [-0.1, -0.05) is 0 Å².